The highest BCUT2D eigenvalue weighted by Gasteiger charge is 2.82. The number of rotatable bonds is 25. The smallest absolute Gasteiger partial charge is 0.453 e. The number of carbonyl (C=O) groups excluding carboxylic acids is 1. The van der Waals surface area contributed by atoms with Gasteiger partial charge >= 0.3 is 104 Å². The summed E-state index contributed by atoms with van der Waals surface area (Å²) >= 11 is 0. The third kappa shape index (κ3) is 14.0. The molecule has 63 heavy (non-hydrogen) atoms. The predicted molar refractivity (Wildman–Crippen MR) is 110 cm³/mol. The number of ether oxygens (including phenoxy) is 9. The molecule has 0 aromatic heterocycles. The SMILES string of the molecule is C=CC(=O)OCC(F)(F)OC(F)(F)C(F)(F)OC(F)(F)C(F)(F)OC(F)(F)C(F)(F)OC(F)(F)C(F)(F)OC(F)(F)C(F)(F)OC(F)(F)C(F)(F)OC(F)(F)C(F)(F)OC(F)(F)F. The molecular weight excluding hydrogens is 1030 g/mol. The summed E-state index contributed by atoms with van der Waals surface area (Å²) in [5, 5.41) is 0. The summed E-state index contributed by atoms with van der Waals surface area (Å²) in [6.45, 7) is -0.409. The quantitative estimate of drug-likeness (QED) is 0.0499. The van der Waals surface area contributed by atoms with E-state index in [1.165, 1.54) is 9.47 Å². The van der Waals surface area contributed by atoms with Crippen molar-refractivity contribution >= 4 is 5.97 Å². The number of halogens is 33. The first-order valence-electron chi connectivity index (χ1n) is 13.0. The van der Waals surface area contributed by atoms with Gasteiger partial charge in [-0.25, -0.2) is 42.7 Å². The van der Waals surface area contributed by atoms with Gasteiger partial charge in [0.2, 0.25) is 0 Å². The fourth-order valence-corrected chi connectivity index (χ4v) is 2.37. The maximum atomic E-state index is 13.6. The average Bonchev–Trinajstić information content (AvgIpc) is 2.94. The van der Waals surface area contributed by atoms with E-state index in [0.29, 0.717) is 0 Å². The van der Waals surface area contributed by atoms with Crippen LogP contribution >= 0.6 is 0 Å². The van der Waals surface area contributed by atoms with Crippen LogP contribution in [0.4, 0.5) is 145 Å². The van der Waals surface area contributed by atoms with Crippen molar-refractivity contribution in [3.63, 3.8) is 0 Å². The first-order valence-corrected chi connectivity index (χ1v) is 13.0. The van der Waals surface area contributed by atoms with E-state index in [4.69, 9.17) is 0 Å². The number of hydrogen-bond donors (Lipinski definition) is 0. The Bertz CT molecular complexity index is 1590. The Morgan fingerprint density at radius 2 is 0.460 bits per heavy atom. The van der Waals surface area contributed by atoms with E-state index in [2.05, 4.69) is 11.3 Å². The molecule has 43 heteroatoms. The van der Waals surface area contributed by atoms with Crippen LogP contribution in [0.1, 0.15) is 0 Å². The zero-order chi connectivity index (χ0) is 51.4. The van der Waals surface area contributed by atoms with E-state index < -0.39 is 111 Å². The van der Waals surface area contributed by atoms with Gasteiger partial charge in [-0.3, -0.25) is 0 Å². The molecule has 0 heterocycles. The van der Waals surface area contributed by atoms with Crippen LogP contribution in [0.2, 0.25) is 0 Å². The molecule has 0 aromatic rings. The second kappa shape index (κ2) is 17.1. The van der Waals surface area contributed by atoms with Gasteiger partial charge in [0, 0.05) is 6.08 Å². The van der Waals surface area contributed by atoms with Crippen LogP contribution in [-0.2, 0) is 47.4 Å². The second-order valence-corrected chi connectivity index (χ2v) is 9.95. The van der Waals surface area contributed by atoms with Crippen LogP contribution in [-0.4, -0.2) is 111 Å². The molecule has 0 amide bonds. The Kier molecular flexibility index (Phi) is 16.2. The Labute approximate surface area is 317 Å². The number of hydrogen-bond acceptors (Lipinski definition) is 10. The highest BCUT2D eigenvalue weighted by molar-refractivity contribution is 5.81. The fraction of sp³-hybridized carbons (Fsp3) is 0.850. The van der Waals surface area contributed by atoms with Crippen molar-refractivity contribution in [2.24, 2.45) is 0 Å². The van der Waals surface area contributed by atoms with E-state index >= 15 is 0 Å². The normalized spacial score (nSPS) is 16.1. The third-order valence-electron chi connectivity index (χ3n) is 4.98. The standard InChI is InChI=1S/C20H5F33O10/c1-2-4(54)55-3-5(21,22)56-6(23,24)7(25,26)57-8(27,28)9(29,30)58-10(31,32)11(33,34)59-12(35,36)13(37,38)60-14(39,40)15(41,42)61-16(43,44)17(45,46)62-18(47,48)19(49,50)63-20(51,52)53/h2H,1,3H2. The summed E-state index contributed by atoms with van der Waals surface area (Å²) in [5.74, 6) is -2.02. The van der Waals surface area contributed by atoms with E-state index in [-0.39, 0.29) is 6.08 Å². The van der Waals surface area contributed by atoms with Crippen LogP contribution < -0.4 is 0 Å². The van der Waals surface area contributed by atoms with Crippen LogP contribution in [0.3, 0.4) is 0 Å². The van der Waals surface area contributed by atoms with E-state index in [1.807, 2.05) is 4.74 Å². The Morgan fingerprint density at radius 1 is 0.302 bits per heavy atom. The highest BCUT2D eigenvalue weighted by atomic mass is 19.4. The third-order valence-corrected chi connectivity index (χ3v) is 4.98. The van der Waals surface area contributed by atoms with Gasteiger partial charge in [-0.15, -0.1) is 13.2 Å². The Balaban J connectivity index is 6.43. The van der Waals surface area contributed by atoms with Crippen LogP contribution in [0, 0.1) is 0 Å². The first kappa shape index (κ1) is 59.6. The number of carbonyl (C=O) groups is 1. The molecule has 0 atom stereocenters. The van der Waals surface area contributed by atoms with Gasteiger partial charge in [0.1, 0.15) is 0 Å². The monoisotopic (exact) mass is 1030 g/mol. The summed E-state index contributed by atoms with van der Waals surface area (Å²) in [7, 11) is 0. The largest absolute Gasteiger partial charge is 0.527 e. The van der Waals surface area contributed by atoms with Gasteiger partial charge in [0.25, 0.3) is 0 Å². The van der Waals surface area contributed by atoms with Gasteiger partial charge in [0.15, 0.2) is 6.61 Å². The van der Waals surface area contributed by atoms with Gasteiger partial charge in [-0.2, -0.15) is 132 Å². The van der Waals surface area contributed by atoms with Crippen molar-refractivity contribution in [3.8, 4) is 0 Å². The molecule has 0 aliphatic rings. The number of esters is 1. The molecule has 0 aliphatic carbocycles. The second-order valence-electron chi connectivity index (χ2n) is 9.95. The fourth-order valence-electron chi connectivity index (χ4n) is 2.37. The minimum absolute atomic E-state index is 0.0539. The maximum Gasteiger partial charge on any atom is 0.527 e. The molecule has 0 bridgehead atoms. The molecule has 0 spiro atoms. The average molecular weight is 1030 g/mol. The first-order chi connectivity index (χ1) is 26.9. The van der Waals surface area contributed by atoms with Crippen molar-refractivity contribution < 1.29 is 192 Å². The van der Waals surface area contributed by atoms with Gasteiger partial charge in [-0.05, 0) is 0 Å². The minimum atomic E-state index is -8.53. The summed E-state index contributed by atoms with van der Waals surface area (Å²) in [6, 6.07) is 0. The van der Waals surface area contributed by atoms with E-state index in [9.17, 15) is 150 Å². The van der Waals surface area contributed by atoms with Crippen LogP contribution in [0.15, 0.2) is 12.7 Å². The molecule has 0 saturated heterocycles. The molecule has 0 fully saturated rings. The minimum Gasteiger partial charge on any atom is -0.453 e. The van der Waals surface area contributed by atoms with E-state index in [0.717, 1.165) is 23.7 Å². The molecule has 0 unspecified atom stereocenters. The summed E-state index contributed by atoms with van der Waals surface area (Å²) in [6.07, 6.45) is -128. The van der Waals surface area contributed by atoms with Crippen molar-refractivity contribution in [1.82, 2.24) is 0 Å². The molecule has 376 valence electrons. The highest BCUT2D eigenvalue weighted by Crippen LogP contribution is 2.55. The zero-order valence-electron chi connectivity index (χ0n) is 27.0. The summed E-state index contributed by atoms with van der Waals surface area (Å²) in [5.41, 5.74) is 0. The molecular formula is C20H5F33O10. The molecule has 0 aromatic carbocycles. The van der Waals surface area contributed by atoms with Crippen molar-refractivity contribution in [3.05, 3.63) is 12.7 Å². The molecule has 0 aliphatic heterocycles. The van der Waals surface area contributed by atoms with Crippen molar-refractivity contribution in [2.75, 3.05) is 6.61 Å². The Hall–Kier alpha value is -3.42. The van der Waals surface area contributed by atoms with E-state index in [1.54, 1.807) is 0 Å². The molecule has 10 nitrogen and oxygen atoms in total. The summed E-state index contributed by atoms with van der Waals surface area (Å²) in [4.78, 5) is 10.6. The van der Waals surface area contributed by atoms with Crippen molar-refractivity contribution in [1.29, 1.82) is 0 Å². The number of alkyl halides is 33. The topological polar surface area (TPSA) is 100 Å². The zero-order valence-corrected chi connectivity index (χ0v) is 27.0. The lowest BCUT2D eigenvalue weighted by Gasteiger charge is -2.37. The molecule has 0 N–H and O–H groups in total. The van der Waals surface area contributed by atoms with Gasteiger partial charge in [-0.1, -0.05) is 6.58 Å². The molecule has 0 radical (unpaired) electrons. The predicted octanol–water partition coefficient (Wildman–Crippen LogP) is 10.3. The Morgan fingerprint density at radius 3 is 0.619 bits per heavy atom. The lowest BCUT2D eigenvalue weighted by atomic mass is 10.4. The lowest BCUT2D eigenvalue weighted by Crippen LogP contribution is -2.62. The van der Waals surface area contributed by atoms with Crippen molar-refractivity contribution in [2.45, 2.75) is 98.0 Å². The molecule has 0 saturated carbocycles. The van der Waals surface area contributed by atoms with Crippen LogP contribution in [0.25, 0.3) is 0 Å². The van der Waals surface area contributed by atoms with Crippen LogP contribution in [0.5, 0.6) is 0 Å². The van der Waals surface area contributed by atoms with Gasteiger partial charge < -0.3 is 4.74 Å². The molecule has 0 rings (SSSR count). The maximum absolute atomic E-state index is 13.6. The lowest BCUT2D eigenvalue weighted by molar-refractivity contribution is -0.601. The summed E-state index contributed by atoms with van der Waals surface area (Å²) < 4.78 is 451. The van der Waals surface area contributed by atoms with Gasteiger partial charge in [0.05, 0.1) is 0 Å².